The molecule has 0 saturated carbocycles. The number of hydrogen-bond acceptors (Lipinski definition) is 5. The molecule has 0 fully saturated rings. The molecule has 0 aliphatic rings. The lowest BCUT2D eigenvalue weighted by molar-refractivity contribution is 0.378. The van der Waals surface area contributed by atoms with Gasteiger partial charge in [0.25, 0.3) is 10.0 Å². The molecule has 3 rings (SSSR count). The molecule has 2 aromatic carbocycles. The van der Waals surface area contributed by atoms with Crippen LogP contribution in [-0.4, -0.2) is 20.5 Å². The first kappa shape index (κ1) is 22.0. The molecule has 1 N–H and O–H groups in total. The molecule has 1 heterocycles. The van der Waals surface area contributed by atoms with E-state index in [1.807, 2.05) is 0 Å². The van der Waals surface area contributed by atoms with Crippen LogP contribution in [0.25, 0.3) is 0 Å². The van der Waals surface area contributed by atoms with Crippen LogP contribution in [0.3, 0.4) is 0 Å². The van der Waals surface area contributed by atoms with Crippen molar-refractivity contribution in [2.75, 3.05) is 11.8 Å². The molecule has 0 radical (unpaired) electrons. The molecule has 0 spiro atoms. The number of rotatable bonds is 6. The van der Waals surface area contributed by atoms with E-state index in [-0.39, 0.29) is 21.4 Å². The number of methoxy groups -OCH3 is 1. The van der Waals surface area contributed by atoms with Crippen molar-refractivity contribution < 1.29 is 17.9 Å². The van der Waals surface area contributed by atoms with Gasteiger partial charge in [-0.1, -0.05) is 34.8 Å². The van der Waals surface area contributed by atoms with E-state index in [0.717, 1.165) is 0 Å². The Morgan fingerprint density at radius 3 is 2.41 bits per heavy atom. The highest BCUT2D eigenvalue weighted by Gasteiger charge is 2.21. The number of ether oxygens (including phenoxy) is 2. The van der Waals surface area contributed by atoms with E-state index in [2.05, 4.69) is 25.6 Å². The summed E-state index contributed by atoms with van der Waals surface area (Å²) in [6, 6.07) is 8.72. The summed E-state index contributed by atoms with van der Waals surface area (Å²) in [7, 11) is -2.55. The Kier molecular flexibility index (Phi) is 6.80. The van der Waals surface area contributed by atoms with Crippen LogP contribution in [-0.2, 0) is 10.0 Å². The summed E-state index contributed by atoms with van der Waals surface area (Å²) in [5, 5.41) is 0.736. The summed E-state index contributed by atoms with van der Waals surface area (Å²) in [5.74, 6) is 1.01. The quantitative estimate of drug-likeness (QED) is 0.393. The number of sulfonamides is 1. The van der Waals surface area contributed by atoms with E-state index >= 15 is 0 Å². The predicted octanol–water partition coefficient (Wildman–Crippen LogP) is 6.41. The Morgan fingerprint density at radius 1 is 1.00 bits per heavy atom. The third kappa shape index (κ3) is 5.26. The third-order valence-electron chi connectivity index (χ3n) is 3.59. The molecule has 0 saturated heterocycles. The van der Waals surface area contributed by atoms with E-state index < -0.39 is 10.0 Å². The number of pyridine rings is 1. The van der Waals surface area contributed by atoms with E-state index in [1.54, 1.807) is 12.1 Å². The second-order valence-electron chi connectivity index (χ2n) is 5.60. The lowest BCUT2D eigenvalue weighted by Crippen LogP contribution is -2.14. The van der Waals surface area contributed by atoms with E-state index in [9.17, 15) is 8.42 Å². The molecule has 0 bridgehead atoms. The van der Waals surface area contributed by atoms with Gasteiger partial charge in [-0.25, -0.2) is 8.42 Å². The van der Waals surface area contributed by atoms with Crippen molar-refractivity contribution in [3.63, 3.8) is 0 Å². The molecule has 3 aromatic rings. The molecule has 0 amide bonds. The maximum atomic E-state index is 12.7. The predicted molar refractivity (Wildman–Crippen MR) is 117 cm³/mol. The van der Waals surface area contributed by atoms with E-state index in [0.29, 0.717) is 26.0 Å². The molecule has 1 aromatic heterocycles. The van der Waals surface area contributed by atoms with Crippen molar-refractivity contribution in [3.8, 4) is 17.2 Å². The van der Waals surface area contributed by atoms with Crippen molar-refractivity contribution in [2.24, 2.45) is 0 Å². The number of halogens is 4. The number of aromatic nitrogens is 1. The zero-order valence-corrected chi connectivity index (χ0v) is 19.3. The molecule has 0 aliphatic heterocycles. The van der Waals surface area contributed by atoms with Gasteiger partial charge in [-0.15, -0.1) is 0 Å². The van der Waals surface area contributed by atoms with Crippen LogP contribution in [0.1, 0.15) is 0 Å². The first-order chi connectivity index (χ1) is 13.7. The number of hydrogen-bond donors (Lipinski definition) is 1. The van der Waals surface area contributed by atoms with Gasteiger partial charge in [-0.2, -0.15) is 0 Å². The lowest BCUT2D eigenvalue weighted by Gasteiger charge is -2.15. The fourth-order valence-electron chi connectivity index (χ4n) is 2.32. The minimum Gasteiger partial charge on any atom is -0.493 e. The van der Waals surface area contributed by atoms with Crippen molar-refractivity contribution in [2.45, 2.75) is 4.90 Å². The molecule has 0 unspecified atom stereocenters. The van der Waals surface area contributed by atoms with Gasteiger partial charge in [0.1, 0.15) is 10.6 Å². The maximum Gasteiger partial charge on any atom is 0.263 e. The minimum absolute atomic E-state index is 0.00139. The monoisotopic (exact) mass is 536 g/mol. The molecule has 0 aliphatic carbocycles. The fraction of sp³-hybridized carbons (Fsp3) is 0.0556. The highest BCUT2D eigenvalue weighted by atomic mass is 79.9. The van der Waals surface area contributed by atoms with Crippen molar-refractivity contribution >= 4 is 66.4 Å². The van der Waals surface area contributed by atoms with Crippen molar-refractivity contribution in [1.29, 1.82) is 0 Å². The number of anilines is 1. The highest BCUT2D eigenvalue weighted by Crippen LogP contribution is 2.40. The molecular weight excluding hydrogens is 527 g/mol. The Labute approximate surface area is 190 Å². The summed E-state index contributed by atoms with van der Waals surface area (Å²) in [6.07, 6.45) is 2.96. The first-order valence-corrected chi connectivity index (χ1v) is 11.2. The SMILES string of the molecule is COc1cc(NS(=O)(=O)c2ccc(Cl)cc2Cl)c(Br)cc1Oc1cncc(Cl)c1. The van der Waals surface area contributed by atoms with Gasteiger partial charge in [-0.05, 0) is 34.1 Å². The summed E-state index contributed by atoms with van der Waals surface area (Å²) in [6.45, 7) is 0. The van der Waals surface area contributed by atoms with Crippen molar-refractivity contribution in [3.05, 3.63) is 68.3 Å². The maximum absolute atomic E-state index is 12.7. The minimum atomic E-state index is -3.98. The van der Waals surface area contributed by atoms with Gasteiger partial charge in [0.15, 0.2) is 11.5 Å². The van der Waals surface area contributed by atoms with Crippen LogP contribution in [0.4, 0.5) is 5.69 Å². The average molecular weight is 539 g/mol. The molecular formula is C18H12BrCl3N2O4S. The van der Waals surface area contributed by atoms with E-state index in [1.165, 1.54) is 43.8 Å². The number of nitrogens with zero attached hydrogens (tertiary/aromatic N) is 1. The molecule has 6 nitrogen and oxygen atoms in total. The molecule has 11 heteroatoms. The summed E-state index contributed by atoms with van der Waals surface area (Å²) < 4.78 is 39.4. The van der Waals surface area contributed by atoms with Gasteiger partial charge >= 0.3 is 0 Å². The Hall–Kier alpha value is -1.71. The highest BCUT2D eigenvalue weighted by molar-refractivity contribution is 9.10. The zero-order valence-electron chi connectivity index (χ0n) is 14.6. The van der Waals surface area contributed by atoms with Gasteiger partial charge in [0.2, 0.25) is 0 Å². The zero-order chi connectivity index (χ0) is 21.2. The Bertz CT molecular complexity index is 1180. The van der Waals surface area contributed by atoms with Crippen LogP contribution >= 0.6 is 50.7 Å². The summed E-state index contributed by atoms with van der Waals surface area (Å²) in [4.78, 5) is 3.84. The fourth-order valence-corrected chi connectivity index (χ4v) is 4.88. The van der Waals surface area contributed by atoms with Gasteiger partial charge < -0.3 is 9.47 Å². The lowest BCUT2D eigenvalue weighted by atomic mass is 10.3. The van der Waals surface area contributed by atoms with Crippen LogP contribution < -0.4 is 14.2 Å². The molecule has 152 valence electrons. The summed E-state index contributed by atoms with van der Waals surface area (Å²) >= 11 is 21.1. The van der Waals surface area contributed by atoms with Crippen LogP contribution in [0.15, 0.2) is 58.2 Å². The topological polar surface area (TPSA) is 77.5 Å². The third-order valence-corrected chi connectivity index (χ3v) is 6.53. The standard InChI is InChI=1S/C18H12BrCl3N2O4S/c1-27-16-7-15(24-29(25,26)18-3-2-10(20)5-14(18)22)13(19)6-17(16)28-12-4-11(21)8-23-9-12/h2-9,24H,1H3. The molecule has 0 atom stereocenters. The first-order valence-electron chi connectivity index (χ1n) is 7.83. The van der Waals surface area contributed by atoms with Crippen LogP contribution in [0.5, 0.6) is 17.2 Å². The molecule has 29 heavy (non-hydrogen) atoms. The number of benzene rings is 2. The summed E-state index contributed by atoms with van der Waals surface area (Å²) in [5.41, 5.74) is 0.226. The normalized spacial score (nSPS) is 11.2. The second-order valence-corrected chi connectivity index (χ2v) is 9.39. The van der Waals surface area contributed by atoms with Crippen LogP contribution in [0.2, 0.25) is 15.1 Å². The van der Waals surface area contributed by atoms with Gasteiger partial charge in [0.05, 0.1) is 29.0 Å². The van der Waals surface area contributed by atoms with Crippen molar-refractivity contribution in [1.82, 2.24) is 4.98 Å². The second kappa shape index (κ2) is 8.97. The number of nitrogens with one attached hydrogen (secondary N) is 1. The van der Waals surface area contributed by atoms with Gasteiger partial charge in [-0.3, -0.25) is 9.71 Å². The Balaban J connectivity index is 1.94. The average Bonchev–Trinajstić information content (AvgIpc) is 2.63. The largest absolute Gasteiger partial charge is 0.493 e. The smallest absolute Gasteiger partial charge is 0.263 e. The van der Waals surface area contributed by atoms with Crippen LogP contribution in [0, 0.1) is 0 Å². The van der Waals surface area contributed by atoms with E-state index in [4.69, 9.17) is 44.3 Å². The van der Waals surface area contributed by atoms with Gasteiger partial charge in [0, 0.05) is 33.9 Å². The Morgan fingerprint density at radius 2 is 1.76 bits per heavy atom.